The second-order valence-electron chi connectivity index (χ2n) is 7.56. The Hall–Kier alpha value is -2.37. The van der Waals surface area contributed by atoms with Gasteiger partial charge in [0.2, 0.25) is 11.8 Å². The molecule has 3 rings (SSSR count). The van der Waals surface area contributed by atoms with Crippen LogP contribution in [0.5, 0.6) is 0 Å². The number of benzene rings is 1. The van der Waals surface area contributed by atoms with Crippen molar-refractivity contribution in [3.63, 3.8) is 0 Å². The Morgan fingerprint density at radius 2 is 1.89 bits per heavy atom. The van der Waals surface area contributed by atoms with E-state index in [1.165, 1.54) is 12.7 Å². The van der Waals surface area contributed by atoms with E-state index < -0.39 is 5.92 Å². The molecule has 0 bridgehead atoms. The van der Waals surface area contributed by atoms with Crippen LogP contribution < -0.4 is 4.90 Å². The first-order chi connectivity index (χ1) is 12.9. The molecule has 146 valence electrons. The van der Waals surface area contributed by atoms with Crippen LogP contribution >= 0.6 is 0 Å². The number of hydrogen-bond acceptors (Lipinski definition) is 4. The summed E-state index contributed by atoms with van der Waals surface area (Å²) < 4.78 is 4.77. The van der Waals surface area contributed by atoms with Crippen molar-refractivity contribution in [1.82, 2.24) is 4.90 Å². The van der Waals surface area contributed by atoms with Gasteiger partial charge in [-0.25, -0.2) is 0 Å². The zero-order valence-electron chi connectivity index (χ0n) is 16.4. The smallest absolute Gasteiger partial charge is 0.307 e. The molecule has 0 aromatic heterocycles. The Balaban J connectivity index is 1.73. The van der Waals surface area contributed by atoms with Crippen LogP contribution in [0.15, 0.2) is 18.2 Å². The Morgan fingerprint density at radius 3 is 2.59 bits per heavy atom. The maximum Gasteiger partial charge on any atom is 0.307 e. The predicted molar refractivity (Wildman–Crippen MR) is 102 cm³/mol. The van der Waals surface area contributed by atoms with Gasteiger partial charge in [0.15, 0.2) is 0 Å². The van der Waals surface area contributed by atoms with E-state index in [1.807, 2.05) is 32.0 Å². The number of nitrogens with zero attached hydrogens (tertiary/aromatic N) is 2. The second kappa shape index (κ2) is 8.11. The third-order valence-corrected chi connectivity index (χ3v) is 5.85. The van der Waals surface area contributed by atoms with Gasteiger partial charge < -0.3 is 14.5 Å². The van der Waals surface area contributed by atoms with Gasteiger partial charge in [0.05, 0.1) is 13.5 Å². The lowest BCUT2D eigenvalue weighted by Crippen LogP contribution is -2.48. The Morgan fingerprint density at radius 1 is 1.11 bits per heavy atom. The molecule has 2 aliphatic rings. The van der Waals surface area contributed by atoms with Gasteiger partial charge >= 0.3 is 5.97 Å². The lowest BCUT2D eigenvalue weighted by Gasteiger charge is -2.36. The molecule has 0 saturated carbocycles. The molecule has 1 aromatic rings. The lowest BCUT2D eigenvalue weighted by molar-refractivity contribution is -0.147. The molecule has 2 fully saturated rings. The normalized spacial score (nSPS) is 22.9. The summed E-state index contributed by atoms with van der Waals surface area (Å²) in [5, 5.41) is 0. The molecule has 0 N–H and O–H groups in total. The minimum absolute atomic E-state index is 0.134. The molecule has 2 amide bonds. The summed E-state index contributed by atoms with van der Waals surface area (Å²) in [6.45, 7) is 5.21. The largest absolute Gasteiger partial charge is 0.469 e. The van der Waals surface area contributed by atoms with Gasteiger partial charge in [-0.2, -0.15) is 0 Å². The molecule has 2 atom stereocenters. The third-order valence-electron chi connectivity index (χ3n) is 5.85. The lowest BCUT2D eigenvalue weighted by atomic mass is 9.96. The summed E-state index contributed by atoms with van der Waals surface area (Å²) in [6.07, 6.45) is 3.39. The molecule has 2 saturated heterocycles. The highest BCUT2D eigenvalue weighted by Crippen LogP contribution is 2.30. The zero-order chi connectivity index (χ0) is 19.6. The number of piperidine rings is 1. The van der Waals surface area contributed by atoms with E-state index in [1.54, 1.807) is 9.80 Å². The third kappa shape index (κ3) is 3.99. The molecule has 2 heterocycles. The molecule has 2 unspecified atom stereocenters. The fourth-order valence-electron chi connectivity index (χ4n) is 4.04. The number of hydrogen-bond donors (Lipinski definition) is 0. The van der Waals surface area contributed by atoms with Gasteiger partial charge in [-0.15, -0.1) is 0 Å². The zero-order valence-corrected chi connectivity index (χ0v) is 16.4. The number of likely N-dealkylation sites (tertiary alicyclic amines) is 1. The first kappa shape index (κ1) is 19.4. The molecule has 0 aliphatic carbocycles. The number of carbonyl (C=O) groups excluding carboxylic acids is 3. The van der Waals surface area contributed by atoms with E-state index in [0.29, 0.717) is 19.5 Å². The Labute approximate surface area is 160 Å². The van der Waals surface area contributed by atoms with E-state index in [4.69, 9.17) is 4.74 Å². The van der Waals surface area contributed by atoms with Crippen molar-refractivity contribution in [2.45, 2.75) is 52.0 Å². The van der Waals surface area contributed by atoms with Crippen molar-refractivity contribution >= 4 is 23.5 Å². The number of carbonyl (C=O) groups is 3. The highest BCUT2D eigenvalue weighted by molar-refractivity contribution is 6.09. The molecule has 6 heteroatoms. The molecular weight excluding hydrogens is 344 g/mol. The van der Waals surface area contributed by atoms with Crippen molar-refractivity contribution < 1.29 is 19.1 Å². The van der Waals surface area contributed by atoms with Crippen LogP contribution in [0.1, 0.15) is 43.2 Å². The second-order valence-corrected chi connectivity index (χ2v) is 7.56. The number of anilines is 1. The summed E-state index contributed by atoms with van der Waals surface area (Å²) in [7, 11) is 1.36. The molecule has 0 spiro atoms. The molecule has 2 aliphatic heterocycles. The van der Waals surface area contributed by atoms with Crippen LogP contribution in [0.25, 0.3) is 0 Å². The van der Waals surface area contributed by atoms with Gasteiger partial charge in [-0.1, -0.05) is 6.07 Å². The van der Waals surface area contributed by atoms with Crippen molar-refractivity contribution in [3.8, 4) is 0 Å². The van der Waals surface area contributed by atoms with Crippen LogP contribution in [0, 0.1) is 19.8 Å². The number of methoxy groups -OCH3 is 1. The Bertz CT molecular complexity index is 746. The number of aryl methyl sites for hydroxylation is 2. The highest BCUT2D eigenvalue weighted by Gasteiger charge is 2.42. The first-order valence-corrected chi connectivity index (χ1v) is 9.68. The van der Waals surface area contributed by atoms with Crippen molar-refractivity contribution in [1.29, 1.82) is 0 Å². The van der Waals surface area contributed by atoms with Gasteiger partial charge in [0, 0.05) is 24.8 Å². The van der Waals surface area contributed by atoms with E-state index in [0.717, 1.165) is 30.5 Å². The molecular formula is C21H28N2O4. The number of amides is 2. The van der Waals surface area contributed by atoms with Gasteiger partial charge in [-0.3, -0.25) is 14.4 Å². The molecule has 1 aromatic carbocycles. The number of rotatable bonds is 4. The fourth-order valence-corrected chi connectivity index (χ4v) is 4.04. The van der Waals surface area contributed by atoms with Crippen LogP contribution in [0.4, 0.5) is 5.69 Å². The van der Waals surface area contributed by atoms with Gasteiger partial charge in [-0.05, 0) is 62.8 Å². The van der Waals surface area contributed by atoms with E-state index in [9.17, 15) is 14.4 Å². The van der Waals surface area contributed by atoms with E-state index in [-0.39, 0.29) is 30.2 Å². The van der Waals surface area contributed by atoms with E-state index >= 15 is 0 Å². The predicted octanol–water partition coefficient (Wildman–Crippen LogP) is 2.60. The summed E-state index contributed by atoms with van der Waals surface area (Å²) in [5.74, 6) is -1.23. The minimum Gasteiger partial charge on any atom is -0.469 e. The fraction of sp³-hybridized carbons (Fsp3) is 0.571. The summed E-state index contributed by atoms with van der Waals surface area (Å²) in [5.41, 5.74) is 3.16. The van der Waals surface area contributed by atoms with Crippen LogP contribution in [0.3, 0.4) is 0 Å². The van der Waals surface area contributed by atoms with Crippen molar-refractivity contribution in [3.05, 3.63) is 29.3 Å². The van der Waals surface area contributed by atoms with Crippen LogP contribution in [-0.2, 0) is 19.1 Å². The molecule has 0 radical (unpaired) electrons. The minimum atomic E-state index is -0.648. The number of ether oxygens (including phenoxy) is 1. The van der Waals surface area contributed by atoms with Crippen molar-refractivity contribution in [2.24, 2.45) is 5.92 Å². The topological polar surface area (TPSA) is 66.9 Å². The highest BCUT2D eigenvalue weighted by atomic mass is 16.5. The average molecular weight is 372 g/mol. The Kier molecular flexibility index (Phi) is 5.82. The maximum absolute atomic E-state index is 13.1. The molecule has 6 nitrogen and oxygen atoms in total. The first-order valence-electron chi connectivity index (χ1n) is 9.68. The summed E-state index contributed by atoms with van der Waals surface area (Å²) in [6, 6.07) is 5.78. The summed E-state index contributed by atoms with van der Waals surface area (Å²) in [4.78, 5) is 41.2. The van der Waals surface area contributed by atoms with E-state index in [2.05, 4.69) is 0 Å². The van der Waals surface area contributed by atoms with Gasteiger partial charge in [0.25, 0.3) is 0 Å². The van der Waals surface area contributed by atoms with Crippen LogP contribution in [0.2, 0.25) is 0 Å². The quantitative estimate of drug-likeness (QED) is 0.602. The monoisotopic (exact) mass is 372 g/mol. The summed E-state index contributed by atoms with van der Waals surface area (Å²) >= 11 is 0. The van der Waals surface area contributed by atoms with Crippen molar-refractivity contribution in [2.75, 3.05) is 25.1 Å². The standard InChI is InChI=1S/C21H28N2O4/c1-14-7-8-17(12-15(14)2)23-11-9-18(21(23)26)20(25)22-10-5-4-6-16(22)13-19(24)27-3/h7-8,12,16,18H,4-6,9-11,13H2,1-3H3. The van der Waals surface area contributed by atoms with Crippen LogP contribution in [-0.4, -0.2) is 48.9 Å². The molecule has 27 heavy (non-hydrogen) atoms. The maximum atomic E-state index is 13.1. The SMILES string of the molecule is COC(=O)CC1CCCCN1C(=O)C1CCN(c2ccc(C)c(C)c2)C1=O. The average Bonchev–Trinajstić information content (AvgIpc) is 3.05. The van der Waals surface area contributed by atoms with Gasteiger partial charge in [0.1, 0.15) is 5.92 Å². The number of esters is 1.